The Balaban J connectivity index is 1.83. The summed E-state index contributed by atoms with van der Waals surface area (Å²) >= 11 is 0. The van der Waals surface area contributed by atoms with Gasteiger partial charge >= 0.3 is 0 Å². The molecule has 0 bridgehead atoms. The molecule has 0 spiro atoms. The largest absolute Gasteiger partial charge is 0.497 e. The molecule has 0 aliphatic heterocycles. The number of benzene rings is 1. The molecule has 2 heteroatoms. The van der Waals surface area contributed by atoms with E-state index in [0.717, 1.165) is 31.4 Å². The highest BCUT2D eigenvalue weighted by Crippen LogP contribution is 2.54. The first-order valence-electron chi connectivity index (χ1n) is 7.75. The third kappa shape index (κ3) is 1.68. The molecule has 0 fully saturated rings. The Morgan fingerprint density at radius 2 is 2.10 bits per heavy atom. The Bertz CT molecular complexity index is 696. The number of hydrogen-bond acceptors (Lipinski definition) is 2. The lowest BCUT2D eigenvalue weighted by molar-refractivity contribution is -0.123. The summed E-state index contributed by atoms with van der Waals surface area (Å²) in [5.74, 6) is 1.58. The molecule has 21 heavy (non-hydrogen) atoms. The highest BCUT2D eigenvalue weighted by molar-refractivity contribution is 5.99. The topological polar surface area (TPSA) is 26.3 Å². The molecule has 2 nitrogen and oxygen atoms in total. The minimum absolute atomic E-state index is 0.178. The van der Waals surface area contributed by atoms with E-state index in [1.807, 2.05) is 6.08 Å². The van der Waals surface area contributed by atoms with Crippen LogP contribution < -0.4 is 4.74 Å². The molecule has 0 saturated heterocycles. The Labute approximate surface area is 125 Å². The van der Waals surface area contributed by atoms with Crippen LogP contribution in [0.5, 0.6) is 5.75 Å². The molecule has 1 aromatic rings. The molecule has 0 unspecified atom stereocenters. The van der Waals surface area contributed by atoms with Crippen molar-refractivity contribution in [3.05, 3.63) is 47.1 Å². The maximum absolute atomic E-state index is 12.2. The van der Waals surface area contributed by atoms with Gasteiger partial charge in [-0.25, -0.2) is 0 Å². The van der Waals surface area contributed by atoms with Crippen LogP contribution in [-0.2, 0) is 11.2 Å². The molecule has 2 atom stereocenters. The summed E-state index contributed by atoms with van der Waals surface area (Å²) in [6.07, 6.45) is 8.08. The minimum Gasteiger partial charge on any atom is -0.497 e. The number of ether oxygens (including phenoxy) is 1. The zero-order valence-electron chi connectivity index (χ0n) is 12.6. The smallest absolute Gasteiger partial charge is 0.162 e. The molecule has 0 saturated carbocycles. The fraction of sp³-hybridized carbons (Fsp3) is 0.421. The third-order valence-corrected chi connectivity index (χ3v) is 5.65. The van der Waals surface area contributed by atoms with E-state index in [1.54, 1.807) is 7.11 Å². The van der Waals surface area contributed by atoms with E-state index >= 15 is 0 Å². The maximum Gasteiger partial charge on any atom is 0.162 e. The maximum atomic E-state index is 12.2. The Hall–Kier alpha value is -1.83. The van der Waals surface area contributed by atoms with Crippen molar-refractivity contribution in [1.29, 1.82) is 0 Å². The van der Waals surface area contributed by atoms with E-state index < -0.39 is 0 Å². The summed E-state index contributed by atoms with van der Waals surface area (Å²) < 4.78 is 5.34. The summed E-state index contributed by atoms with van der Waals surface area (Å²) in [4.78, 5) is 12.2. The first-order chi connectivity index (χ1) is 10.1. The number of ketones is 1. The van der Waals surface area contributed by atoms with E-state index in [0.29, 0.717) is 11.7 Å². The van der Waals surface area contributed by atoms with Gasteiger partial charge in [-0.2, -0.15) is 0 Å². The first-order valence-corrected chi connectivity index (χ1v) is 7.75. The van der Waals surface area contributed by atoms with E-state index in [1.165, 1.54) is 22.3 Å². The Kier molecular flexibility index (Phi) is 2.66. The molecule has 0 radical (unpaired) electrons. The quantitative estimate of drug-likeness (QED) is 0.778. The van der Waals surface area contributed by atoms with Gasteiger partial charge in [-0.05, 0) is 60.6 Å². The van der Waals surface area contributed by atoms with E-state index in [2.05, 4.69) is 31.2 Å². The molecular weight excluding hydrogens is 260 g/mol. The monoisotopic (exact) mass is 280 g/mol. The predicted molar refractivity (Wildman–Crippen MR) is 83.2 cm³/mol. The lowest BCUT2D eigenvalue weighted by Gasteiger charge is -2.40. The predicted octanol–water partition coefficient (Wildman–Crippen LogP) is 3.95. The van der Waals surface area contributed by atoms with Crippen LogP contribution >= 0.6 is 0 Å². The molecule has 1 aromatic carbocycles. The lowest BCUT2D eigenvalue weighted by Crippen LogP contribution is -2.35. The molecule has 0 N–H and O–H groups in total. The summed E-state index contributed by atoms with van der Waals surface area (Å²) in [5, 5.41) is 0. The van der Waals surface area contributed by atoms with Gasteiger partial charge in [0.25, 0.3) is 0 Å². The fourth-order valence-electron chi connectivity index (χ4n) is 4.33. The number of carbonyl (C=O) groups excluding carboxylic acids is 1. The van der Waals surface area contributed by atoms with Crippen LogP contribution in [0.15, 0.2) is 35.9 Å². The van der Waals surface area contributed by atoms with Gasteiger partial charge in [0, 0.05) is 11.3 Å². The van der Waals surface area contributed by atoms with Crippen molar-refractivity contribution in [2.45, 2.75) is 32.6 Å². The van der Waals surface area contributed by atoms with Crippen LogP contribution in [0, 0.1) is 11.3 Å². The van der Waals surface area contributed by atoms with Gasteiger partial charge < -0.3 is 4.74 Å². The number of fused-ring (bicyclic) bond motifs is 4. The molecule has 0 heterocycles. The second kappa shape index (κ2) is 4.33. The van der Waals surface area contributed by atoms with Crippen molar-refractivity contribution >= 4 is 11.4 Å². The first kappa shape index (κ1) is 12.9. The summed E-state index contributed by atoms with van der Waals surface area (Å²) in [6.45, 7) is 2.15. The Morgan fingerprint density at radius 1 is 1.24 bits per heavy atom. The second-order valence-corrected chi connectivity index (χ2v) is 6.65. The fourth-order valence-corrected chi connectivity index (χ4v) is 4.33. The van der Waals surface area contributed by atoms with Crippen LogP contribution in [0.25, 0.3) is 5.57 Å². The molecule has 4 rings (SSSR count). The van der Waals surface area contributed by atoms with Crippen LogP contribution in [0.2, 0.25) is 0 Å². The SMILES string of the molecule is COc1ccc2c(c1)CCC1=C2CC[C@]2(C)C(=O)C=C[C@H]12. The van der Waals surface area contributed by atoms with Crippen LogP contribution in [0.4, 0.5) is 0 Å². The van der Waals surface area contributed by atoms with Crippen molar-refractivity contribution < 1.29 is 9.53 Å². The van der Waals surface area contributed by atoms with Gasteiger partial charge in [-0.3, -0.25) is 4.79 Å². The molecule has 0 amide bonds. The van der Waals surface area contributed by atoms with Crippen LogP contribution in [0.1, 0.15) is 37.3 Å². The van der Waals surface area contributed by atoms with Crippen LogP contribution in [0.3, 0.4) is 0 Å². The number of methoxy groups -OCH3 is 1. The number of allylic oxidation sites excluding steroid dienone is 4. The second-order valence-electron chi connectivity index (χ2n) is 6.65. The van der Waals surface area contributed by atoms with Gasteiger partial charge in [0.05, 0.1) is 7.11 Å². The van der Waals surface area contributed by atoms with E-state index in [-0.39, 0.29) is 5.41 Å². The molecular formula is C19H20O2. The summed E-state index contributed by atoms with van der Waals surface area (Å²) in [7, 11) is 1.72. The molecule has 3 aliphatic rings. The van der Waals surface area contributed by atoms with Crippen molar-refractivity contribution in [3.8, 4) is 5.75 Å². The van der Waals surface area contributed by atoms with Gasteiger partial charge in [-0.1, -0.05) is 24.6 Å². The third-order valence-electron chi connectivity index (χ3n) is 5.65. The zero-order chi connectivity index (χ0) is 14.6. The highest BCUT2D eigenvalue weighted by Gasteiger charge is 2.47. The van der Waals surface area contributed by atoms with E-state index in [9.17, 15) is 4.79 Å². The molecule has 3 aliphatic carbocycles. The average molecular weight is 280 g/mol. The van der Waals surface area contributed by atoms with Gasteiger partial charge in [0.15, 0.2) is 5.78 Å². The normalized spacial score (nSPS) is 30.0. The van der Waals surface area contributed by atoms with Gasteiger partial charge in [-0.15, -0.1) is 0 Å². The van der Waals surface area contributed by atoms with Crippen LogP contribution in [-0.4, -0.2) is 12.9 Å². The van der Waals surface area contributed by atoms with Crippen molar-refractivity contribution in [2.24, 2.45) is 11.3 Å². The van der Waals surface area contributed by atoms with Crippen molar-refractivity contribution in [3.63, 3.8) is 0 Å². The highest BCUT2D eigenvalue weighted by atomic mass is 16.5. The van der Waals surface area contributed by atoms with Crippen molar-refractivity contribution in [2.75, 3.05) is 7.11 Å². The number of rotatable bonds is 1. The van der Waals surface area contributed by atoms with E-state index in [4.69, 9.17) is 4.74 Å². The molecule has 0 aromatic heterocycles. The van der Waals surface area contributed by atoms with Gasteiger partial charge in [0.2, 0.25) is 0 Å². The average Bonchev–Trinajstić information content (AvgIpc) is 2.82. The summed E-state index contributed by atoms with van der Waals surface area (Å²) in [5.41, 5.74) is 5.59. The zero-order valence-corrected chi connectivity index (χ0v) is 12.6. The lowest BCUT2D eigenvalue weighted by atomic mass is 9.62. The number of aryl methyl sites for hydroxylation is 1. The minimum atomic E-state index is -0.178. The van der Waals surface area contributed by atoms with Gasteiger partial charge in [0.1, 0.15) is 5.75 Å². The summed E-state index contributed by atoms with van der Waals surface area (Å²) in [6, 6.07) is 6.42. The number of hydrogen-bond donors (Lipinski definition) is 0. The number of carbonyl (C=O) groups is 1. The standard InChI is InChI=1S/C19H20O2/c1-19-10-9-15-14-6-4-13(21-2)11-12(14)3-5-16(15)17(19)7-8-18(19)20/h4,6-8,11,17H,3,5,9-10H2,1-2H3/t17-,19+/m1/s1. The Morgan fingerprint density at radius 3 is 2.90 bits per heavy atom. The van der Waals surface area contributed by atoms with Crippen molar-refractivity contribution in [1.82, 2.24) is 0 Å². The molecule has 108 valence electrons.